The average molecular weight is 1810 g/mol. The molecule has 0 radical (unpaired) electrons. The molecular weight excluding hydrogens is 1690 g/mol. The first-order valence-electron chi connectivity index (χ1n) is 42.6. The molecule has 18 N–H and O–H groups in total. The van der Waals surface area contributed by atoms with Crippen LogP contribution < -0.4 is 59.3 Å². The molecule has 2 aromatic carbocycles. The van der Waals surface area contributed by atoms with Crippen molar-refractivity contribution in [3.05, 3.63) is 71.3 Å². The van der Waals surface area contributed by atoms with Crippen molar-refractivity contribution >= 4 is 124 Å². The van der Waals surface area contributed by atoms with Gasteiger partial charge in [0.2, 0.25) is 76.8 Å². The molecule has 4 heterocycles. The second-order valence-corrected chi connectivity index (χ2v) is 33.3. The minimum Gasteiger partial charge on any atom is -0.481 e. The number of primary amides is 2. The molecule has 0 aromatic heterocycles. The topological polar surface area (TPSA) is 599 Å². The first kappa shape index (κ1) is 105. The molecule has 0 unspecified atom stereocenters. The molecule has 10 atom stereocenters. The van der Waals surface area contributed by atoms with Crippen molar-refractivity contribution in [1.82, 2.24) is 77.3 Å². The van der Waals surface area contributed by atoms with Crippen molar-refractivity contribution in [3.8, 4) is 0 Å². The smallest absolute Gasteiger partial charge is 0.317 e. The van der Waals surface area contributed by atoms with Gasteiger partial charge in [0, 0.05) is 140 Å². The summed E-state index contributed by atoms with van der Waals surface area (Å²) in [6.45, 7) is 6.71. The zero-order chi connectivity index (χ0) is 92.0. The molecule has 2 aromatic rings. The predicted octanol–water partition coefficient (Wildman–Crippen LogP) is -4.10. The number of thioether (sulfide) groups is 2. The normalized spacial score (nSPS) is 21.4. The van der Waals surface area contributed by atoms with Gasteiger partial charge in [-0.2, -0.15) is 23.5 Å². The molecule has 2 bridgehead atoms. The van der Waals surface area contributed by atoms with E-state index in [1.54, 1.807) is 57.2 Å². The summed E-state index contributed by atoms with van der Waals surface area (Å²) >= 11 is 2.41. The SMILES string of the molecule is CCCC[C@H](NC(=O)CCC(=O)NCCCOCCOCCOCCCNC(=O)CN1CCN(CC(=O)O)CCN(CC(=O)O)CCN(CC(=O)O)CC1)C(=O)N[C@H]1CSCc2cccc(c2)CSC[C@@H](C(=O)N[C@@H](CC(=O)O)C(N)=O)NC(=O)[C@H](Cc2ccccc2)NC(=O)[C@H](CCC(N)=O)NC(=O)[C@H]([C@@H](C)O)NC(=O)[C@@H]2CCCN2C(=O)[C@@H]2CCCN2C1=O. The van der Waals surface area contributed by atoms with Crippen LogP contribution in [0.25, 0.3) is 0 Å². The van der Waals surface area contributed by atoms with Gasteiger partial charge in [-0.3, -0.25) is 101 Å². The monoisotopic (exact) mass is 1810 g/mol. The van der Waals surface area contributed by atoms with Gasteiger partial charge in [0.05, 0.1) is 65.1 Å². The van der Waals surface area contributed by atoms with Crippen LogP contribution in [0.4, 0.5) is 0 Å². The second-order valence-electron chi connectivity index (χ2n) is 31.2. The summed E-state index contributed by atoms with van der Waals surface area (Å²) in [7, 11) is 0. The molecule has 3 fully saturated rings. The van der Waals surface area contributed by atoms with Crippen LogP contribution in [0, 0.1) is 0 Å². The average Bonchev–Trinajstić information content (AvgIpc) is 1.64. The van der Waals surface area contributed by atoms with Crippen molar-refractivity contribution in [2.75, 3.05) is 156 Å². The third-order valence-corrected chi connectivity index (χ3v) is 23.3. The number of rotatable bonds is 42. The first-order chi connectivity index (χ1) is 60.3. The highest BCUT2D eigenvalue weighted by molar-refractivity contribution is 7.98. The molecule has 126 heavy (non-hydrogen) atoms. The summed E-state index contributed by atoms with van der Waals surface area (Å²) in [4.78, 5) is 238. The Bertz CT molecular complexity index is 3920. The minimum absolute atomic E-state index is 0.0174. The van der Waals surface area contributed by atoms with Crippen LogP contribution in [0.15, 0.2) is 54.6 Å². The number of hydrogen-bond acceptors (Lipinski definition) is 27. The van der Waals surface area contributed by atoms with Gasteiger partial charge in [0.1, 0.15) is 54.4 Å². The predicted molar refractivity (Wildman–Crippen MR) is 459 cm³/mol. The first-order valence-corrected chi connectivity index (χ1v) is 44.9. The molecule has 44 heteroatoms. The van der Waals surface area contributed by atoms with Crippen LogP contribution in [-0.2, 0) is 114 Å². The van der Waals surface area contributed by atoms with Crippen molar-refractivity contribution in [1.29, 1.82) is 0 Å². The number of hydrogen-bond donors (Lipinski definition) is 16. The highest BCUT2D eigenvalue weighted by atomic mass is 32.2. The van der Waals surface area contributed by atoms with Gasteiger partial charge in [-0.25, -0.2) is 0 Å². The third-order valence-electron chi connectivity index (χ3n) is 21.1. The highest BCUT2D eigenvalue weighted by Gasteiger charge is 2.46. The van der Waals surface area contributed by atoms with Gasteiger partial charge in [0.15, 0.2) is 0 Å². The zero-order valence-corrected chi connectivity index (χ0v) is 73.1. The Morgan fingerprint density at radius 1 is 0.524 bits per heavy atom. The van der Waals surface area contributed by atoms with Gasteiger partial charge in [0.25, 0.3) is 0 Å². The number of aliphatic carboxylic acids is 4. The number of aliphatic hydroxyl groups is 1. The Morgan fingerprint density at radius 2 is 1.03 bits per heavy atom. The number of unbranched alkanes of at least 4 members (excludes halogenated alkanes) is 1. The highest BCUT2D eigenvalue weighted by Crippen LogP contribution is 2.28. The third kappa shape index (κ3) is 39.4. The van der Waals surface area contributed by atoms with Crippen LogP contribution in [-0.4, -0.2) is 372 Å². The quantitative estimate of drug-likeness (QED) is 0.0281. The summed E-state index contributed by atoms with van der Waals surface area (Å²) in [5.41, 5.74) is 13.0. The molecule has 4 aliphatic rings. The lowest BCUT2D eigenvalue weighted by atomic mass is 10.0. The van der Waals surface area contributed by atoms with E-state index < -0.39 is 175 Å². The van der Waals surface area contributed by atoms with Gasteiger partial charge in [-0.15, -0.1) is 0 Å². The van der Waals surface area contributed by atoms with Gasteiger partial charge in [-0.05, 0) is 75.0 Å². The number of benzene rings is 2. The molecule has 3 saturated heterocycles. The lowest BCUT2D eigenvalue weighted by molar-refractivity contribution is -0.148. The maximum atomic E-state index is 15.2. The maximum absolute atomic E-state index is 15.2. The number of nitrogens with zero attached hydrogens (tertiary/aromatic N) is 6. The van der Waals surface area contributed by atoms with Gasteiger partial charge >= 0.3 is 23.9 Å². The fourth-order valence-corrected chi connectivity index (χ4v) is 16.4. The van der Waals surface area contributed by atoms with E-state index >= 15 is 4.79 Å². The summed E-state index contributed by atoms with van der Waals surface area (Å²) in [5.74, 6) is -14.9. The number of aliphatic hydroxyl groups excluding tert-OH is 1. The summed E-state index contributed by atoms with van der Waals surface area (Å²) < 4.78 is 16.9. The molecule has 4 aliphatic heterocycles. The van der Waals surface area contributed by atoms with E-state index in [9.17, 15) is 102 Å². The van der Waals surface area contributed by atoms with Gasteiger partial charge in [-0.1, -0.05) is 74.4 Å². The van der Waals surface area contributed by atoms with Crippen molar-refractivity contribution in [2.24, 2.45) is 11.5 Å². The van der Waals surface area contributed by atoms with Crippen molar-refractivity contribution < 1.29 is 121 Å². The van der Waals surface area contributed by atoms with Crippen LogP contribution >= 0.6 is 23.5 Å². The van der Waals surface area contributed by atoms with Crippen molar-refractivity contribution in [2.45, 2.75) is 182 Å². The molecule has 0 saturated carbocycles. The fraction of sp³-hybridized carbons (Fsp3) is 0.646. The number of nitrogens with two attached hydrogens (primary N) is 2. The number of amides is 13. The summed E-state index contributed by atoms with van der Waals surface area (Å²) in [5, 5.41) is 73.0. The summed E-state index contributed by atoms with van der Waals surface area (Å²) in [6.07, 6.45) is -1.21. The Hall–Kier alpha value is -10.2. The molecular formula is C82H125N17O25S2. The Kier molecular flexibility index (Phi) is 47.1. The van der Waals surface area contributed by atoms with Crippen molar-refractivity contribution in [3.63, 3.8) is 0 Å². The largest absolute Gasteiger partial charge is 0.481 e. The number of carboxylic acid groups (broad SMARTS) is 4. The minimum atomic E-state index is -1.80. The van der Waals surface area contributed by atoms with E-state index in [1.807, 2.05) is 24.0 Å². The molecule has 0 spiro atoms. The standard InChI is InChI=1S/C82H125N17O25S2/c1-3-4-17-57(87-67(103)23-22-66(102)85-24-11-36-122-38-40-124-41-39-123-37-12-25-86-68(104)45-94-28-30-95(46-70(107)108)32-34-97(48-72(111)112)35-33-96(31-29-94)47-71(109)110)75(114)92-62-52-126-50-56-16-8-15-55(42-56)49-125-51-61(78(117)89-59(74(84)113)44-69(105)106)91-77(116)60(43-54-13-6-5-7-14-54)90-76(115)58(20-21-65(83)101)88-80(119)73(53(2)100)93-79(118)63-18-9-26-98(63)82(121)64-19-10-27-99(64)81(62)120/h5-8,13-16,42,53,57-64,73,100H,3-4,9-12,17-41,43-52H2,1-2H3,(H2,83,101)(H2,84,113)(H,85,102)(H,86,104)(H,87,103)(H,88,119)(H,89,117)(H,90,115)(H,91,116)(H,92,114)(H,93,118)(H,105,106)(H,107,108)(H,109,110)(H,111,112)/t53-,57+,58+,59+,60+,61+,62+,63+,64+,73+/m1/s1. The number of carboxylic acids is 4. The van der Waals surface area contributed by atoms with Crippen LogP contribution in [0.3, 0.4) is 0 Å². The number of fused-ring (bicyclic) bond motifs is 4. The molecule has 6 rings (SSSR count). The Balaban J connectivity index is 1.04. The van der Waals surface area contributed by atoms with Crippen LogP contribution in [0.2, 0.25) is 0 Å². The Labute approximate surface area is 740 Å². The number of carbonyl (C=O) groups is 17. The molecule has 700 valence electrons. The lowest BCUT2D eigenvalue weighted by Gasteiger charge is -2.34. The number of carbonyl (C=O) groups excluding carboxylic acids is 13. The number of nitrogens with one attached hydrogen (secondary N) is 9. The maximum Gasteiger partial charge on any atom is 0.317 e. The van der Waals surface area contributed by atoms with E-state index in [0.29, 0.717) is 75.9 Å². The van der Waals surface area contributed by atoms with Crippen LogP contribution in [0.5, 0.6) is 0 Å². The summed E-state index contributed by atoms with van der Waals surface area (Å²) in [6, 6.07) is 2.39. The van der Waals surface area contributed by atoms with E-state index in [4.69, 9.17) is 25.7 Å². The second kappa shape index (κ2) is 56.8. The van der Waals surface area contributed by atoms with Crippen LogP contribution in [0.1, 0.15) is 120 Å². The van der Waals surface area contributed by atoms with E-state index in [0.717, 1.165) is 17.3 Å². The molecule has 13 amide bonds. The molecule has 42 nitrogen and oxygen atoms in total. The van der Waals surface area contributed by atoms with E-state index in [2.05, 4.69) is 47.9 Å². The van der Waals surface area contributed by atoms with E-state index in [-0.39, 0.29) is 186 Å². The fourth-order valence-electron chi connectivity index (χ4n) is 14.4. The lowest BCUT2D eigenvalue weighted by Crippen LogP contribution is -2.62. The zero-order valence-electron chi connectivity index (χ0n) is 71.5. The Morgan fingerprint density at radius 3 is 1.56 bits per heavy atom. The van der Waals surface area contributed by atoms with E-state index in [1.165, 1.54) is 28.5 Å². The molecule has 0 aliphatic carbocycles. The number of ether oxygens (including phenoxy) is 3. The van der Waals surface area contributed by atoms with Gasteiger partial charge < -0.3 is 109 Å².